The number of carbonyl (C=O) groups is 2. The second kappa shape index (κ2) is 7.44. The van der Waals surface area contributed by atoms with E-state index < -0.39 is 5.97 Å². The molecule has 3 rings (SSSR count). The number of para-hydroxylation sites is 1. The molecule has 0 atom stereocenters. The number of fused-ring (bicyclic) bond motifs is 1. The van der Waals surface area contributed by atoms with Crippen molar-refractivity contribution in [1.82, 2.24) is 10.4 Å². The van der Waals surface area contributed by atoms with Gasteiger partial charge in [0, 0.05) is 23.5 Å². The molecule has 0 spiro atoms. The van der Waals surface area contributed by atoms with E-state index in [9.17, 15) is 9.59 Å². The van der Waals surface area contributed by atoms with Crippen LogP contribution in [0, 0.1) is 0 Å². The number of aromatic amines is 1. The van der Waals surface area contributed by atoms with Gasteiger partial charge in [-0.15, -0.1) is 0 Å². The minimum Gasteiger partial charge on any atom is -0.481 e. The number of amides is 1. The first-order valence-corrected chi connectivity index (χ1v) is 7.85. The average molecular weight is 335 g/mol. The van der Waals surface area contributed by atoms with Crippen LogP contribution in [0.15, 0.2) is 65.9 Å². The molecular formula is C19H17N3O3. The second-order valence-electron chi connectivity index (χ2n) is 5.51. The van der Waals surface area contributed by atoms with Gasteiger partial charge in [-0.05, 0) is 11.6 Å². The lowest BCUT2D eigenvalue weighted by Crippen LogP contribution is -2.20. The Morgan fingerprint density at radius 2 is 1.72 bits per heavy atom. The van der Waals surface area contributed by atoms with Gasteiger partial charge in [0.2, 0.25) is 0 Å². The molecule has 0 saturated heterocycles. The fraction of sp³-hybridized carbons (Fsp3) is 0.105. The molecule has 25 heavy (non-hydrogen) atoms. The van der Waals surface area contributed by atoms with Gasteiger partial charge >= 0.3 is 5.97 Å². The fourth-order valence-electron chi connectivity index (χ4n) is 2.56. The monoisotopic (exact) mass is 335 g/mol. The number of carboxylic acid groups (broad SMARTS) is 1. The van der Waals surface area contributed by atoms with E-state index in [-0.39, 0.29) is 18.7 Å². The third-order valence-electron chi connectivity index (χ3n) is 3.81. The molecule has 3 N–H and O–H groups in total. The van der Waals surface area contributed by atoms with E-state index in [4.69, 9.17) is 5.11 Å². The van der Waals surface area contributed by atoms with Crippen LogP contribution >= 0.6 is 0 Å². The van der Waals surface area contributed by atoms with Crippen LogP contribution in [0.1, 0.15) is 28.8 Å². The van der Waals surface area contributed by atoms with Crippen molar-refractivity contribution in [3.8, 4) is 0 Å². The lowest BCUT2D eigenvalue weighted by atomic mass is 10.1. The molecule has 126 valence electrons. The normalized spacial score (nSPS) is 11.4. The SMILES string of the molecule is O=C(O)CCC(=NNC(=O)c1c[nH]c2ccccc12)c1ccccc1. The highest BCUT2D eigenvalue weighted by molar-refractivity contribution is 6.08. The van der Waals surface area contributed by atoms with Gasteiger partial charge in [-0.25, -0.2) is 5.43 Å². The Morgan fingerprint density at radius 3 is 2.48 bits per heavy atom. The number of hydrogen-bond acceptors (Lipinski definition) is 3. The Morgan fingerprint density at radius 1 is 1.00 bits per heavy atom. The van der Waals surface area contributed by atoms with Gasteiger partial charge in [0.05, 0.1) is 17.7 Å². The first-order valence-electron chi connectivity index (χ1n) is 7.85. The van der Waals surface area contributed by atoms with Crippen molar-refractivity contribution in [2.75, 3.05) is 0 Å². The maximum atomic E-state index is 12.4. The molecular weight excluding hydrogens is 318 g/mol. The van der Waals surface area contributed by atoms with Gasteiger partial charge in [-0.1, -0.05) is 48.5 Å². The van der Waals surface area contributed by atoms with E-state index in [1.807, 2.05) is 54.6 Å². The van der Waals surface area contributed by atoms with Gasteiger partial charge in [0.1, 0.15) is 0 Å². The number of nitrogens with one attached hydrogen (secondary N) is 2. The maximum absolute atomic E-state index is 12.4. The molecule has 0 aliphatic rings. The molecule has 1 amide bonds. The molecule has 0 saturated carbocycles. The number of carbonyl (C=O) groups excluding carboxylic acids is 1. The number of carboxylic acids is 1. The molecule has 0 aliphatic heterocycles. The molecule has 0 unspecified atom stereocenters. The van der Waals surface area contributed by atoms with Crippen molar-refractivity contribution in [3.63, 3.8) is 0 Å². The first kappa shape index (κ1) is 16.4. The zero-order chi connectivity index (χ0) is 17.6. The van der Waals surface area contributed by atoms with Crippen molar-refractivity contribution in [3.05, 3.63) is 71.9 Å². The Bertz CT molecular complexity index is 929. The zero-order valence-electron chi connectivity index (χ0n) is 13.4. The molecule has 0 fully saturated rings. The van der Waals surface area contributed by atoms with Crippen LogP contribution < -0.4 is 5.43 Å². The van der Waals surface area contributed by atoms with Crippen molar-refractivity contribution in [1.29, 1.82) is 0 Å². The molecule has 6 heteroatoms. The topological polar surface area (TPSA) is 94.5 Å². The van der Waals surface area contributed by atoms with Crippen molar-refractivity contribution in [2.24, 2.45) is 5.10 Å². The van der Waals surface area contributed by atoms with Crippen LogP contribution in [0.4, 0.5) is 0 Å². The van der Waals surface area contributed by atoms with Crippen LogP contribution in [0.2, 0.25) is 0 Å². The standard InChI is InChI=1S/C19H17N3O3/c23-18(24)11-10-16(13-6-2-1-3-7-13)21-22-19(25)15-12-20-17-9-5-4-8-14(15)17/h1-9,12,20H,10-11H2,(H,22,25)(H,23,24). The third kappa shape index (κ3) is 3.92. The summed E-state index contributed by atoms with van der Waals surface area (Å²) >= 11 is 0. The van der Waals surface area contributed by atoms with E-state index in [1.54, 1.807) is 6.20 Å². The van der Waals surface area contributed by atoms with E-state index in [1.165, 1.54) is 0 Å². The summed E-state index contributed by atoms with van der Waals surface area (Å²) in [7, 11) is 0. The van der Waals surface area contributed by atoms with Gasteiger partial charge in [0.15, 0.2) is 0 Å². The Balaban J connectivity index is 1.82. The number of hydrazone groups is 1. The molecule has 6 nitrogen and oxygen atoms in total. The van der Waals surface area contributed by atoms with Gasteiger partial charge in [-0.2, -0.15) is 5.10 Å². The molecule has 0 radical (unpaired) electrons. The van der Waals surface area contributed by atoms with Crippen molar-refractivity contribution < 1.29 is 14.7 Å². The molecule has 2 aromatic carbocycles. The van der Waals surface area contributed by atoms with Crippen LogP contribution in [0.5, 0.6) is 0 Å². The largest absolute Gasteiger partial charge is 0.481 e. The Kier molecular flexibility index (Phi) is 4.89. The summed E-state index contributed by atoms with van der Waals surface area (Å²) in [6.07, 6.45) is 1.80. The van der Waals surface area contributed by atoms with Crippen LogP contribution in [-0.2, 0) is 4.79 Å². The van der Waals surface area contributed by atoms with Gasteiger partial charge in [-0.3, -0.25) is 9.59 Å². The predicted molar refractivity (Wildman–Crippen MR) is 95.6 cm³/mol. The number of H-pyrrole nitrogens is 1. The predicted octanol–water partition coefficient (Wildman–Crippen LogP) is 3.17. The minimum absolute atomic E-state index is 0.0588. The van der Waals surface area contributed by atoms with E-state index in [0.29, 0.717) is 11.3 Å². The summed E-state index contributed by atoms with van der Waals surface area (Å²) in [4.78, 5) is 26.3. The van der Waals surface area contributed by atoms with Crippen molar-refractivity contribution >= 4 is 28.5 Å². The summed E-state index contributed by atoms with van der Waals surface area (Å²) in [5.41, 5.74) is 5.20. The summed E-state index contributed by atoms with van der Waals surface area (Å²) in [5, 5.41) is 13.9. The molecule has 1 heterocycles. The van der Waals surface area contributed by atoms with Crippen LogP contribution in [0.25, 0.3) is 10.9 Å². The second-order valence-corrected chi connectivity index (χ2v) is 5.51. The van der Waals surface area contributed by atoms with Crippen molar-refractivity contribution in [2.45, 2.75) is 12.8 Å². The van der Waals surface area contributed by atoms with Crippen LogP contribution in [0.3, 0.4) is 0 Å². The zero-order valence-corrected chi connectivity index (χ0v) is 13.4. The van der Waals surface area contributed by atoms with E-state index in [2.05, 4.69) is 15.5 Å². The van der Waals surface area contributed by atoms with Gasteiger partial charge < -0.3 is 10.1 Å². The minimum atomic E-state index is -0.911. The number of aliphatic carboxylic acids is 1. The summed E-state index contributed by atoms with van der Waals surface area (Å²) in [6.45, 7) is 0. The lowest BCUT2D eigenvalue weighted by Gasteiger charge is -2.06. The smallest absolute Gasteiger partial charge is 0.303 e. The first-order chi connectivity index (χ1) is 12.1. The number of aromatic nitrogens is 1. The highest BCUT2D eigenvalue weighted by atomic mass is 16.4. The van der Waals surface area contributed by atoms with E-state index in [0.717, 1.165) is 16.5 Å². The fourth-order valence-corrected chi connectivity index (χ4v) is 2.56. The number of hydrogen-bond donors (Lipinski definition) is 3. The Hall–Kier alpha value is -3.41. The lowest BCUT2D eigenvalue weighted by molar-refractivity contribution is -0.136. The maximum Gasteiger partial charge on any atom is 0.303 e. The quantitative estimate of drug-likeness (QED) is 0.477. The average Bonchev–Trinajstić information content (AvgIpc) is 3.06. The number of rotatable bonds is 6. The number of nitrogens with zero attached hydrogens (tertiary/aromatic N) is 1. The van der Waals surface area contributed by atoms with Gasteiger partial charge in [0.25, 0.3) is 5.91 Å². The highest BCUT2D eigenvalue weighted by Gasteiger charge is 2.12. The molecule has 3 aromatic rings. The molecule has 0 bridgehead atoms. The number of benzene rings is 2. The Labute approximate surface area is 144 Å². The summed E-state index contributed by atoms with van der Waals surface area (Å²) in [5.74, 6) is -1.26. The van der Waals surface area contributed by atoms with Crippen LogP contribution in [-0.4, -0.2) is 27.7 Å². The summed E-state index contributed by atoms with van der Waals surface area (Å²) in [6, 6.07) is 16.7. The summed E-state index contributed by atoms with van der Waals surface area (Å²) < 4.78 is 0. The molecule has 0 aliphatic carbocycles. The molecule has 1 aromatic heterocycles. The van der Waals surface area contributed by atoms with E-state index >= 15 is 0 Å². The highest BCUT2D eigenvalue weighted by Crippen LogP contribution is 2.17. The third-order valence-corrected chi connectivity index (χ3v) is 3.81.